The zero-order chi connectivity index (χ0) is 12.3. The predicted octanol–water partition coefficient (Wildman–Crippen LogP) is 3.18. The molecule has 94 valence electrons. The van der Waals surface area contributed by atoms with Crippen molar-refractivity contribution in [3.63, 3.8) is 0 Å². The summed E-state index contributed by atoms with van der Waals surface area (Å²) in [6, 6.07) is 2.62. The third-order valence-corrected chi connectivity index (χ3v) is 4.14. The summed E-state index contributed by atoms with van der Waals surface area (Å²) in [6.45, 7) is 2.11. The van der Waals surface area contributed by atoms with E-state index < -0.39 is 0 Å². The maximum atomic E-state index is 4.54. The Balaban J connectivity index is 2.23. The molecule has 1 N–H and O–H groups in total. The molecule has 1 atom stereocenters. The number of halogens is 2. The van der Waals surface area contributed by atoms with Crippen molar-refractivity contribution in [2.45, 2.75) is 25.3 Å². The van der Waals surface area contributed by atoms with Gasteiger partial charge in [-0.15, -0.1) is 0 Å². The monoisotopic (exact) mass is 361 g/mol. The molecule has 17 heavy (non-hydrogen) atoms. The Bertz CT molecular complexity index is 382. The van der Waals surface area contributed by atoms with Crippen molar-refractivity contribution < 1.29 is 0 Å². The summed E-state index contributed by atoms with van der Waals surface area (Å²) in [6.07, 6.45) is 5.68. The maximum absolute atomic E-state index is 4.54. The van der Waals surface area contributed by atoms with E-state index in [-0.39, 0.29) is 0 Å². The molecule has 1 aromatic heterocycles. The Hall–Kier alpha value is -0.130. The molecule has 1 saturated heterocycles. The lowest BCUT2D eigenvalue weighted by Gasteiger charge is -2.37. The third kappa shape index (κ3) is 3.20. The van der Waals surface area contributed by atoms with E-state index in [1.807, 2.05) is 13.2 Å². The number of likely N-dealkylation sites (N-methyl/N-ethyl adjacent to an activating group) is 1. The summed E-state index contributed by atoms with van der Waals surface area (Å²) in [7, 11) is 2.01. The van der Waals surface area contributed by atoms with Gasteiger partial charge in [-0.25, -0.2) is 4.98 Å². The summed E-state index contributed by atoms with van der Waals surface area (Å²) in [5.74, 6) is 1.06. The van der Waals surface area contributed by atoms with Crippen molar-refractivity contribution in [3.8, 4) is 0 Å². The van der Waals surface area contributed by atoms with Crippen LogP contribution in [-0.4, -0.2) is 31.2 Å². The Morgan fingerprint density at radius 3 is 3.00 bits per heavy atom. The van der Waals surface area contributed by atoms with Crippen molar-refractivity contribution in [1.29, 1.82) is 0 Å². The van der Waals surface area contributed by atoms with Crippen LogP contribution in [0.3, 0.4) is 0 Å². The Morgan fingerprint density at radius 1 is 1.47 bits per heavy atom. The molecule has 0 spiro atoms. The van der Waals surface area contributed by atoms with Crippen LogP contribution in [0, 0.1) is 0 Å². The number of rotatable bonds is 3. The molecule has 1 aliphatic heterocycles. The number of nitrogens with zero attached hydrogens (tertiary/aromatic N) is 2. The highest BCUT2D eigenvalue weighted by atomic mass is 79.9. The molecule has 0 aromatic carbocycles. The molecule has 2 rings (SSSR count). The molecule has 1 fully saturated rings. The fourth-order valence-corrected chi connectivity index (χ4v) is 3.56. The normalized spacial score (nSPS) is 20.6. The standard InChI is InChI=1S/C12H17Br2N3/c1-15-8-10-4-2-3-5-17(10)12-11(14)6-9(13)7-16-12/h6-7,10,15H,2-5,8H2,1H3. The lowest BCUT2D eigenvalue weighted by atomic mass is 10.0. The second-order valence-electron chi connectivity index (χ2n) is 4.36. The van der Waals surface area contributed by atoms with Gasteiger partial charge in [0.25, 0.3) is 0 Å². The molecule has 0 bridgehead atoms. The van der Waals surface area contributed by atoms with Gasteiger partial charge in [0.15, 0.2) is 0 Å². The second kappa shape index (κ2) is 6.16. The van der Waals surface area contributed by atoms with E-state index in [0.29, 0.717) is 6.04 Å². The van der Waals surface area contributed by atoms with Crippen LogP contribution in [0.25, 0.3) is 0 Å². The van der Waals surface area contributed by atoms with E-state index in [1.165, 1.54) is 19.3 Å². The Morgan fingerprint density at radius 2 is 2.29 bits per heavy atom. The van der Waals surface area contributed by atoms with Crippen molar-refractivity contribution in [2.24, 2.45) is 0 Å². The zero-order valence-electron chi connectivity index (χ0n) is 9.92. The van der Waals surface area contributed by atoms with Crippen LogP contribution < -0.4 is 10.2 Å². The van der Waals surface area contributed by atoms with Crippen molar-refractivity contribution in [3.05, 3.63) is 21.2 Å². The highest BCUT2D eigenvalue weighted by Gasteiger charge is 2.24. The molecule has 3 nitrogen and oxygen atoms in total. The number of nitrogens with one attached hydrogen (secondary N) is 1. The first-order chi connectivity index (χ1) is 8.22. The largest absolute Gasteiger partial charge is 0.351 e. The van der Waals surface area contributed by atoms with Gasteiger partial charge in [0.05, 0.1) is 4.47 Å². The average Bonchev–Trinajstić information content (AvgIpc) is 2.31. The van der Waals surface area contributed by atoms with Gasteiger partial charge < -0.3 is 10.2 Å². The van der Waals surface area contributed by atoms with Gasteiger partial charge >= 0.3 is 0 Å². The van der Waals surface area contributed by atoms with Crippen LogP contribution in [0.15, 0.2) is 21.2 Å². The molecule has 0 radical (unpaired) electrons. The number of aromatic nitrogens is 1. The van der Waals surface area contributed by atoms with Gasteiger partial charge in [-0.1, -0.05) is 0 Å². The number of hydrogen-bond acceptors (Lipinski definition) is 3. The number of pyridine rings is 1. The van der Waals surface area contributed by atoms with Gasteiger partial charge in [-0.2, -0.15) is 0 Å². The minimum absolute atomic E-state index is 0.554. The van der Waals surface area contributed by atoms with E-state index in [4.69, 9.17) is 0 Å². The van der Waals surface area contributed by atoms with E-state index in [0.717, 1.165) is 27.9 Å². The first kappa shape index (κ1) is 13.3. The molecule has 0 amide bonds. The lowest BCUT2D eigenvalue weighted by Crippen LogP contribution is -2.45. The number of anilines is 1. The summed E-state index contributed by atoms with van der Waals surface area (Å²) in [5.41, 5.74) is 0. The van der Waals surface area contributed by atoms with Gasteiger partial charge in [-0.3, -0.25) is 0 Å². The molecule has 0 aliphatic carbocycles. The number of piperidine rings is 1. The maximum Gasteiger partial charge on any atom is 0.143 e. The van der Waals surface area contributed by atoms with E-state index in [9.17, 15) is 0 Å². The molecule has 0 saturated carbocycles. The second-order valence-corrected chi connectivity index (χ2v) is 6.13. The first-order valence-electron chi connectivity index (χ1n) is 5.94. The average molecular weight is 363 g/mol. The van der Waals surface area contributed by atoms with Gasteiger partial charge in [0.2, 0.25) is 0 Å². The predicted molar refractivity (Wildman–Crippen MR) is 78.5 cm³/mol. The first-order valence-corrected chi connectivity index (χ1v) is 7.53. The van der Waals surface area contributed by atoms with Crippen LogP contribution >= 0.6 is 31.9 Å². The van der Waals surface area contributed by atoms with Gasteiger partial charge in [0.1, 0.15) is 5.82 Å². The molecule has 2 heterocycles. The Kier molecular flexibility index (Phi) is 4.82. The van der Waals surface area contributed by atoms with Crippen molar-refractivity contribution in [2.75, 3.05) is 25.0 Å². The number of hydrogen-bond donors (Lipinski definition) is 1. The van der Waals surface area contributed by atoms with Crippen LogP contribution in [-0.2, 0) is 0 Å². The third-order valence-electron chi connectivity index (χ3n) is 3.13. The lowest BCUT2D eigenvalue weighted by molar-refractivity contribution is 0.443. The van der Waals surface area contributed by atoms with E-state index in [1.54, 1.807) is 0 Å². The van der Waals surface area contributed by atoms with Gasteiger partial charge in [-0.05, 0) is 64.2 Å². The van der Waals surface area contributed by atoms with Gasteiger partial charge in [0, 0.05) is 29.8 Å². The molecular weight excluding hydrogens is 346 g/mol. The van der Waals surface area contributed by atoms with Crippen LogP contribution in [0.1, 0.15) is 19.3 Å². The topological polar surface area (TPSA) is 28.2 Å². The minimum atomic E-state index is 0.554. The highest BCUT2D eigenvalue weighted by molar-refractivity contribution is 9.11. The summed E-state index contributed by atoms with van der Waals surface area (Å²) in [5, 5.41) is 3.27. The highest BCUT2D eigenvalue weighted by Crippen LogP contribution is 2.31. The smallest absolute Gasteiger partial charge is 0.143 e. The minimum Gasteiger partial charge on any atom is -0.351 e. The van der Waals surface area contributed by atoms with Crippen LogP contribution in [0.4, 0.5) is 5.82 Å². The molecule has 5 heteroatoms. The SMILES string of the molecule is CNCC1CCCCN1c1ncc(Br)cc1Br. The molecule has 1 aliphatic rings. The fraction of sp³-hybridized carbons (Fsp3) is 0.583. The zero-order valence-corrected chi connectivity index (χ0v) is 13.1. The van der Waals surface area contributed by atoms with E-state index in [2.05, 4.69) is 53.1 Å². The summed E-state index contributed by atoms with van der Waals surface area (Å²) in [4.78, 5) is 6.95. The van der Waals surface area contributed by atoms with Crippen molar-refractivity contribution in [1.82, 2.24) is 10.3 Å². The molecular formula is C12H17Br2N3. The summed E-state index contributed by atoms with van der Waals surface area (Å²) < 4.78 is 2.07. The summed E-state index contributed by atoms with van der Waals surface area (Å²) >= 11 is 7.05. The fourth-order valence-electron chi connectivity index (χ4n) is 2.35. The molecule has 1 unspecified atom stereocenters. The molecule has 1 aromatic rings. The Labute approximate surface area is 119 Å². The quantitative estimate of drug-likeness (QED) is 0.894. The van der Waals surface area contributed by atoms with E-state index >= 15 is 0 Å². The van der Waals surface area contributed by atoms with Crippen molar-refractivity contribution >= 4 is 37.7 Å². The van der Waals surface area contributed by atoms with Crippen LogP contribution in [0.2, 0.25) is 0 Å². The van der Waals surface area contributed by atoms with Crippen LogP contribution in [0.5, 0.6) is 0 Å².